The van der Waals surface area contributed by atoms with Crippen LogP contribution in [0, 0.1) is 0 Å². The lowest BCUT2D eigenvalue weighted by Gasteiger charge is -2.25. The number of benzene rings is 2. The number of rotatable bonds is 5. The Hall–Kier alpha value is -2.01. The lowest BCUT2D eigenvalue weighted by Crippen LogP contribution is -2.30. The van der Waals surface area contributed by atoms with Crippen LogP contribution in [-0.4, -0.2) is 28.2 Å². The maximum Gasteiger partial charge on any atom is 0.295 e. The molecule has 146 valence electrons. The quantitative estimate of drug-likeness (QED) is 0.361. The van der Waals surface area contributed by atoms with Gasteiger partial charge in [-0.3, -0.25) is 9.59 Å². The number of hydrogen-bond acceptors (Lipinski definition) is 3. The number of carbonyl (C=O) groups is 2. The summed E-state index contributed by atoms with van der Waals surface area (Å²) in [5, 5.41) is 12.0. The molecule has 28 heavy (non-hydrogen) atoms. The van der Waals surface area contributed by atoms with Crippen LogP contribution in [0.5, 0.6) is 0 Å². The largest absolute Gasteiger partial charge is 0.507 e. The normalized spacial score (nSPS) is 18.7. The maximum atomic E-state index is 12.8. The second-order valence-corrected chi connectivity index (χ2v) is 7.78. The molecule has 0 spiro atoms. The Morgan fingerprint density at radius 2 is 1.71 bits per heavy atom. The molecule has 1 saturated heterocycles. The van der Waals surface area contributed by atoms with Crippen LogP contribution in [0.2, 0.25) is 15.1 Å². The Labute approximate surface area is 178 Å². The maximum absolute atomic E-state index is 12.8. The van der Waals surface area contributed by atoms with Gasteiger partial charge >= 0.3 is 0 Å². The number of ketones is 1. The molecule has 0 saturated carbocycles. The van der Waals surface area contributed by atoms with E-state index < -0.39 is 17.7 Å². The summed E-state index contributed by atoms with van der Waals surface area (Å²) in [6.07, 6.45) is 1.60. The molecule has 1 aliphatic heterocycles. The smallest absolute Gasteiger partial charge is 0.295 e. The molecule has 1 N–H and O–H groups in total. The average Bonchev–Trinajstić information content (AvgIpc) is 2.93. The van der Waals surface area contributed by atoms with Gasteiger partial charge in [0.15, 0.2) is 0 Å². The van der Waals surface area contributed by atoms with Crippen molar-refractivity contribution in [2.24, 2.45) is 0 Å². The predicted octanol–water partition coefficient (Wildman–Crippen LogP) is 5.87. The van der Waals surface area contributed by atoms with Crippen LogP contribution in [0.4, 0.5) is 0 Å². The molecule has 1 amide bonds. The van der Waals surface area contributed by atoms with Gasteiger partial charge < -0.3 is 10.0 Å². The number of unbranched alkanes of at least 4 members (excludes halogenated alkanes) is 1. The first-order chi connectivity index (χ1) is 13.3. The monoisotopic (exact) mass is 437 g/mol. The Bertz CT molecular complexity index is 954. The zero-order chi connectivity index (χ0) is 20.4. The molecular formula is C21H18Cl3NO3. The van der Waals surface area contributed by atoms with Crippen molar-refractivity contribution in [1.29, 1.82) is 0 Å². The third-order valence-corrected chi connectivity index (χ3v) is 5.66. The molecule has 4 nitrogen and oxygen atoms in total. The van der Waals surface area contributed by atoms with Crippen molar-refractivity contribution in [3.63, 3.8) is 0 Å². The molecule has 1 atom stereocenters. The highest BCUT2D eigenvalue weighted by molar-refractivity contribution is 6.47. The van der Waals surface area contributed by atoms with Gasteiger partial charge in [-0.15, -0.1) is 0 Å². The summed E-state index contributed by atoms with van der Waals surface area (Å²) in [7, 11) is 0. The van der Waals surface area contributed by atoms with Gasteiger partial charge in [-0.2, -0.15) is 0 Å². The minimum atomic E-state index is -0.723. The summed E-state index contributed by atoms with van der Waals surface area (Å²) in [5.74, 6) is -1.63. The van der Waals surface area contributed by atoms with E-state index in [1.807, 2.05) is 6.92 Å². The molecule has 0 bridgehead atoms. The highest BCUT2D eigenvalue weighted by Gasteiger charge is 2.45. The summed E-state index contributed by atoms with van der Waals surface area (Å²) in [6, 6.07) is 10.7. The van der Waals surface area contributed by atoms with Crippen LogP contribution in [0.1, 0.15) is 36.9 Å². The van der Waals surface area contributed by atoms with Crippen molar-refractivity contribution in [3.8, 4) is 0 Å². The molecule has 1 heterocycles. The lowest BCUT2D eigenvalue weighted by molar-refractivity contribution is -0.139. The van der Waals surface area contributed by atoms with E-state index in [4.69, 9.17) is 34.8 Å². The minimum Gasteiger partial charge on any atom is -0.507 e. The molecule has 2 aromatic carbocycles. The molecule has 1 fully saturated rings. The zero-order valence-electron chi connectivity index (χ0n) is 15.1. The first-order valence-corrected chi connectivity index (χ1v) is 9.97. The molecule has 2 aromatic rings. The predicted molar refractivity (Wildman–Crippen MR) is 112 cm³/mol. The van der Waals surface area contributed by atoms with Crippen molar-refractivity contribution >= 4 is 52.3 Å². The van der Waals surface area contributed by atoms with Gasteiger partial charge in [-0.1, -0.05) is 60.3 Å². The first-order valence-electron chi connectivity index (χ1n) is 8.84. The lowest BCUT2D eigenvalue weighted by atomic mass is 9.95. The molecule has 0 aliphatic carbocycles. The number of Topliss-reactive ketones (excluding diaryl/α,β-unsaturated/α-hetero) is 1. The van der Waals surface area contributed by atoms with Crippen LogP contribution in [0.3, 0.4) is 0 Å². The number of aliphatic hydroxyl groups is 1. The Morgan fingerprint density at radius 1 is 1.04 bits per heavy atom. The molecule has 0 aromatic heterocycles. The number of nitrogens with zero attached hydrogens (tertiary/aromatic N) is 1. The molecule has 1 unspecified atom stereocenters. The van der Waals surface area contributed by atoms with E-state index >= 15 is 0 Å². The Kier molecular flexibility index (Phi) is 6.33. The van der Waals surface area contributed by atoms with Crippen molar-refractivity contribution in [2.45, 2.75) is 25.8 Å². The second-order valence-electron chi connectivity index (χ2n) is 6.53. The van der Waals surface area contributed by atoms with Gasteiger partial charge in [0.1, 0.15) is 5.76 Å². The number of hydrogen-bond donors (Lipinski definition) is 1. The van der Waals surface area contributed by atoms with Crippen molar-refractivity contribution in [2.75, 3.05) is 6.54 Å². The highest BCUT2D eigenvalue weighted by Crippen LogP contribution is 2.40. The molecule has 1 aliphatic rings. The Balaban J connectivity index is 2.17. The van der Waals surface area contributed by atoms with E-state index in [9.17, 15) is 14.7 Å². The third kappa shape index (κ3) is 3.90. The van der Waals surface area contributed by atoms with Gasteiger partial charge in [0, 0.05) is 17.1 Å². The number of halogens is 3. The number of aliphatic hydroxyl groups excluding tert-OH is 1. The SMILES string of the molecule is CCCCN1C(=O)C(=O)/C(=C(\O)c2ccc(Cl)c(Cl)c2)C1c1ccc(Cl)cc1. The Morgan fingerprint density at radius 3 is 2.32 bits per heavy atom. The number of likely N-dealkylation sites (tertiary alicyclic amines) is 1. The summed E-state index contributed by atoms with van der Waals surface area (Å²) < 4.78 is 0. The van der Waals surface area contributed by atoms with Gasteiger partial charge in [0.25, 0.3) is 11.7 Å². The standard InChI is InChI=1S/C21H18Cl3NO3/c1-2-3-10-25-18(12-4-7-14(22)8-5-12)17(20(27)21(25)28)19(26)13-6-9-15(23)16(24)11-13/h4-9,11,18,26H,2-3,10H2,1H3/b19-17-. The van der Waals surface area contributed by atoms with Crippen LogP contribution in [0.25, 0.3) is 5.76 Å². The number of carbonyl (C=O) groups excluding carboxylic acids is 2. The van der Waals surface area contributed by atoms with E-state index in [1.54, 1.807) is 30.3 Å². The summed E-state index contributed by atoms with van der Waals surface area (Å²) >= 11 is 18.0. The fraction of sp³-hybridized carbons (Fsp3) is 0.238. The summed E-state index contributed by atoms with van der Waals surface area (Å²) in [4.78, 5) is 27.0. The second kappa shape index (κ2) is 8.56. The molecular weight excluding hydrogens is 421 g/mol. The van der Waals surface area contributed by atoms with Crippen LogP contribution >= 0.6 is 34.8 Å². The van der Waals surface area contributed by atoms with Crippen LogP contribution in [-0.2, 0) is 9.59 Å². The molecule has 0 radical (unpaired) electrons. The van der Waals surface area contributed by atoms with Gasteiger partial charge in [0.2, 0.25) is 0 Å². The fourth-order valence-corrected chi connectivity index (χ4v) is 3.65. The van der Waals surface area contributed by atoms with E-state index in [2.05, 4.69) is 0 Å². The third-order valence-electron chi connectivity index (χ3n) is 4.67. The fourth-order valence-electron chi connectivity index (χ4n) is 3.23. The van der Waals surface area contributed by atoms with Crippen LogP contribution < -0.4 is 0 Å². The van der Waals surface area contributed by atoms with E-state index in [0.717, 1.165) is 12.8 Å². The van der Waals surface area contributed by atoms with Gasteiger partial charge in [0.05, 0.1) is 21.7 Å². The van der Waals surface area contributed by atoms with Gasteiger partial charge in [-0.25, -0.2) is 0 Å². The van der Waals surface area contributed by atoms with Crippen molar-refractivity contribution in [1.82, 2.24) is 4.90 Å². The van der Waals surface area contributed by atoms with Gasteiger partial charge in [-0.05, 0) is 42.3 Å². The summed E-state index contributed by atoms with van der Waals surface area (Å²) in [5.41, 5.74) is 1.05. The average molecular weight is 439 g/mol. The van der Waals surface area contributed by atoms with E-state index in [0.29, 0.717) is 27.7 Å². The summed E-state index contributed by atoms with van der Waals surface area (Å²) in [6.45, 7) is 2.41. The van der Waals surface area contributed by atoms with Crippen molar-refractivity contribution in [3.05, 3.63) is 74.2 Å². The zero-order valence-corrected chi connectivity index (χ0v) is 17.4. The van der Waals surface area contributed by atoms with E-state index in [-0.39, 0.29) is 16.4 Å². The van der Waals surface area contributed by atoms with Crippen LogP contribution in [0.15, 0.2) is 48.0 Å². The molecule has 7 heteroatoms. The van der Waals surface area contributed by atoms with Crippen molar-refractivity contribution < 1.29 is 14.7 Å². The highest BCUT2D eigenvalue weighted by atomic mass is 35.5. The number of amides is 1. The first kappa shape index (κ1) is 20.7. The topological polar surface area (TPSA) is 57.6 Å². The molecule has 3 rings (SSSR count). The van der Waals surface area contributed by atoms with E-state index in [1.165, 1.54) is 17.0 Å². The minimum absolute atomic E-state index is 0.0295.